The molecule has 1 N–H and O–H groups in total. The van der Waals surface area contributed by atoms with Crippen LogP contribution in [0.5, 0.6) is 5.75 Å². The van der Waals surface area contributed by atoms with E-state index in [9.17, 15) is 9.59 Å². The lowest BCUT2D eigenvalue weighted by molar-refractivity contribution is -0.140. The average Bonchev–Trinajstić information content (AvgIpc) is 2.66. The third kappa shape index (κ3) is 4.80. The van der Waals surface area contributed by atoms with Crippen molar-refractivity contribution >= 4 is 11.8 Å². The molecule has 0 spiro atoms. The molecule has 2 aliphatic rings. The van der Waals surface area contributed by atoms with Crippen LogP contribution in [0.2, 0.25) is 0 Å². The van der Waals surface area contributed by atoms with Gasteiger partial charge in [-0.2, -0.15) is 0 Å². The number of carbonyl (C=O) groups is 2. The first-order chi connectivity index (χ1) is 13.0. The monoisotopic (exact) mass is 373 g/mol. The number of hydrogen-bond acceptors (Lipinski definition) is 4. The van der Waals surface area contributed by atoms with Gasteiger partial charge in [0.1, 0.15) is 5.75 Å². The van der Waals surface area contributed by atoms with Crippen molar-refractivity contribution in [2.24, 2.45) is 0 Å². The summed E-state index contributed by atoms with van der Waals surface area (Å²) in [5.41, 5.74) is 3.50. The molecule has 2 fully saturated rings. The Morgan fingerprint density at radius 1 is 1.26 bits per heavy atom. The van der Waals surface area contributed by atoms with Crippen molar-refractivity contribution < 1.29 is 14.3 Å². The SMILES string of the molecule is Cc1cc(C)c(C)c(OCCC(=O)N2CCCC(N3CCNCC3=O)C2)c1. The van der Waals surface area contributed by atoms with Crippen molar-refractivity contribution in [3.8, 4) is 5.75 Å². The first-order valence-electron chi connectivity index (χ1n) is 9.94. The summed E-state index contributed by atoms with van der Waals surface area (Å²) in [6.45, 7) is 9.96. The first-order valence-corrected chi connectivity index (χ1v) is 9.94. The molecule has 0 aromatic heterocycles. The van der Waals surface area contributed by atoms with E-state index >= 15 is 0 Å². The highest BCUT2D eigenvalue weighted by molar-refractivity contribution is 5.80. The molecule has 6 heteroatoms. The molecule has 0 radical (unpaired) electrons. The maximum absolute atomic E-state index is 12.6. The molecular formula is C21H31N3O3. The molecule has 1 aromatic carbocycles. The number of ether oxygens (including phenoxy) is 1. The smallest absolute Gasteiger partial charge is 0.236 e. The standard InChI is InChI=1S/C21H31N3O3/c1-15-11-16(2)17(3)19(12-15)27-10-6-20(25)23-8-4-5-18(14-23)24-9-7-22-13-21(24)26/h11-12,18,22H,4-10,13-14H2,1-3H3. The molecule has 6 nitrogen and oxygen atoms in total. The van der Waals surface area contributed by atoms with Crippen LogP contribution in [0, 0.1) is 20.8 Å². The Morgan fingerprint density at radius 2 is 2.07 bits per heavy atom. The van der Waals surface area contributed by atoms with E-state index in [1.54, 1.807) is 0 Å². The van der Waals surface area contributed by atoms with Gasteiger partial charge >= 0.3 is 0 Å². The summed E-state index contributed by atoms with van der Waals surface area (Å²) in [4.78, 5) is 28.6. The van der Waals surface area contributed by atoms with Crippen LogP contribution in [-0.4, -0.2) is 67.0 Å². The predicted molar refractivity (Wildman–Crippen MR) is 105 cm³/mol. The molecule has 2 heterocycles. The van der Waals surface area contributed by atoms with E-state index in [0.29, 0.717) is 26.1 Å². The van der Waals surface area contributed by atoms with Crippen LogP contribution in [0.1, 0.15) is 36.0 Å². The van der Waals surface area contributed by atoms with Gasteiger partial charge in [0.25, 0.3) is 0 Å². The number of piperazine rings is 1. The third-order valence-electron chi connectivity index (χ3n) is 5.65. The summed E-state index contributed by atoms with van der Waals surface area (Å²) >= 11 is 0. The largest absolute Gasteiger partial charge is 0.493 e. The van der Waals surface area contributed by atoms with Crippen LogP contribution in [0.3, 0.4) is 0 Å². The Labute approximate surface area is 161 Å². The summed E-state index contributed by atoms with van der Waals surface area (Å²) in [6, 6.07) is 4.32. The second kappa shape index (κ2) is 8.74. The van der Waals surface area contributed by atoms with Crippen molar-refractivity contribution in [3.05, 3.63) is 28.8 Å². The van der Waals surface area contributed by atoms with Gasteiger partial charge in [0.2, 0.25) is 11.8 Å². The van der Waals surface area contributed by atoms with Crippen molar-refractivity contribution in [2.45, 2.75) is 46.1 Å². The summed E-state index contributed by atoms with van der Waals surface area (Å²) in [6.07, 6.45) is 2.30. The summed E-state index contributed by atoms with van der Waals surface area (Å²) < 4.78 is 5.90. The van der Waals surface area contributed by atoms with Crippen LogP contribution in [0.15, 0.2) is 12.1 Å². The minimum absolute atomic E-state index is 0.115. The zero-order valence-electron chi connectivity index (χ0n) is 16.7. The molecule has 0 bridgehead atoms. The fraction of sp³-hybridized carbons (Fsp3) is 0.619. The zero-order valence-corrected chi connectivity index (χ0v) is 16.7. The average molecular weight is 373 g/mol. The van der Waals surface area contributed by atoms with Gasteiger partial charge in [0.15, 0.2) is 0 Å². The Kier molecular flexibility index (Phi) is 6.37. The number of nitrogens with one attached hydrogen (secondary N) is 1. The lowest BCUT2D eigenvalue weighted by Crippen LogP contribution is -2.57. The fourth-order valence-electron chi connectivity index (χ4n) is 4.00. The van der Waals surface area contributed by atoms with Crippen LogP contribution >= 0.6 is 0 Å². The summed E-state index contributed by atoms with van der Waals surface area (Å²) in [7, 11) is 0. The normalized spacial score (nSPS) is 20.7. The van der Waals surface area contributed by atoms with Crippen molar-refractivity contribution in [3.63, 3.8) is 0 Å². The van der Waals surface area contributed by atoms with Gasteiger partial charge < -0.3 is 19.9 Å². The molecule has 1 unspecified atom stereocenters. The molecule has 148 valence electrons. The second-order valence-corrected chi connectivity index (χ2v) is 7.70. The molecule has 0 aliphatic carbocycles. The number of carbonyl (C=O) groups excluding carboxylic acids is 2. The summed E-state index contributed by atoms with van der Waals surface area (Å²) in [5, 5.41) is 3.11. The van der Waals surface area contributed by atoms with Gasteiger partial charge in [-0.3, -0.25) is 9.59 Å². The van der Waals surface area contributed by atoms with Crippen LogP contribution in [0.4, 0.5) is 0 Å². The van der Waals surface area contributed by atoms with E-state index in [0.717, 1.165) is 43.8 Å². The van der Waals surface area contributed by atoms with Gasteiger partial charge in [-0.15, -0.1) is 0 Å². The Hall–Kier alpha value is -2.08. The number of aryl methyl sites for hydroxylation is 2. The Bertz CT molecular complexity index is 704. The molecule has 2 amide bonds. The molecule has 1 aromatic rings. The van der Waals surface area contributed by atoms with Gasteiger partial charge in [-0.05, 0) is 56.4 Å². The molecule has 1 atom stereocenters. The summed E-state index contributed by atoms with van der Waals surface area (Å²) in [5.74, 6) is 1.13. The molecule has 0 saturated carbocycles. The van der Waals surface area contributed by atoms with E-state index in [1.807, 2.05) is 22.8 Å². The van der Waals surface area contributed by atoms with Gasteiger partial charge in [-0.25, -0.2) is 0 Å². The van der Waals surface area contributed by atoms with E-state index in [1.165, 1.54) is 11.1 Å². The highest BCUT2D eigenvalue weighted by Gasteiger charge is 2.31. The number of likely N-dealkylation sites (tertiary alicyclic amines) is 1. The zero-order chi connectivity index (χ0) is 19.4. The quantitative estimate of drug-likeness (QED) is 0.855. The number of rotatable bonds is 5. The van der Waals surface area contributed by atoms with E-state index in [2.05, 4.69) is 25.2 Å². The van der Waals surface area contributed by atoms with Crippen molar-refractivity contribution in [2.75, 3.05) is 39.3 Å². The van der Waals surface area contributed by atoms with E-state index in [-0.39, 0.29) is 17.9 Å². The maximum atomic E-state index is 12.6. The number of hydrogen-bond donors (Lipinski definition) is 1. The topological polar surface area (TPSA) is 61.9 Å². The molecule has 3 rings (SSSR count). The highest BCUT2D eigenvalue weighted by Crippen LogP contribution is 2.23. The molecule has 2 aliphatic heterocycles. The van der Waals surface area contributed by atoms with E-state index < -0.39 is 0 Å². The number of benzene rings is 1. The highest BCUT2D eigenvalue weighted by atomic mass is 16.5. The minimum atomic E-state index is 0.115. The molecule has 2 saturated heterocycles. The van der Waals surface area contributed by atoms with E-state index in [4.69, 9.17) is 4.74 Å². The number of piperidine rings is 1. The fourth-order valence-corrected chi connectivity index (χ4v) is 4.00. The molecule has 27 heavy (non-hydrogen) atoms. The number of amides is 2. The maximum Gasteiger partial charge on any atom is 0.236 e. The Balaban J connectivity index is 1.51. The van der Waals surface area contributed by atoms with Gasteiger partial charge in [0.05, 0.1) is 19.6 Å². The van der Waals surface area contributed by atoms with Gasteiger partial charge in [-0.1, -0.05) is 6.07 Å². The molecular weight excluding hydrogens is 342 g/mol. The second-order valence-electron chi connectivity index (χ2n) is 7.70. The number of nitrogens with zero attached hydrogens (tertiary/aromatic N) is 2. The lowest BCUT2D eigenvalue weighted by atomic mass is 10.0. The van der Waals surface area contributed by atoms with Crippen LogP contribution in [-0.2, 0) is 9.59 Å². The van der Waals surface area contributed by atoms with Crippen LogP contribution < -0.4 is 10.1 Å². The lowest BCUT2D eigenvalue weighted by Gasteiger charge is -2.41. The van der Waals surface area contributed by atoms with Crippen molar-refractivity contribution in [1.29, 1.82) is 0 Å². The Morgan fingerprint density at radius 3 is 2.85 bits per heavy atom. The minimum Gasteiger partial charge on any atom is -0.493 e. The third-order valence-corrected chi connectivity index (χ3v) is 5.65. The first kappa shape index (κ1) is 19.7. The van der Waals surface area contributed by atoms with Gasteiger partial charge in [0, 0.05) is 32.2 Å². The van der Waals surface area contributed by atoms with Crippen LogP contribution in [0.25, 0.3) is 0 Å². The predicted octanol–water partition coefficient (Wildman–Crippen LogP) is 1.80. The van der Waals surface area contributed by atoms with Crippen molar-refractivity contribution in [1.82, 2.24) is 15.1 Å².